The number of nitro groups is 1. The maximum absolute atomic E-state index is 10.9. The third-order valence-electron chi connectivity index (χ3n) is 2.58. The first-order valence-electron chi connectivity index (χ1n) is 5.31. The van der Waals surface area contributed by atoms with Gasteiger partial charge in [-0.1, -0.05) is 24.3 Å². The minimum atomic E-state index is -0.441. The van der Waals surface area contributed by atoms with E-state index >= 15 is 0 Å². The van der Waals surface area contributed by atoms with Gasteiger partial charge in [-0.3, -0.25) is 10.1 Å². The SMILES string of the molecule is O=[N+]([O-])c1ccccc1-n1nc2ccccc2n1. The van der Waals surface area contributed by atoms with Gasteiger partial charge in [0.25, 0.3) is 5.69 Å². The van der Waals surface area contributed by atoms with Gasteiger partial charge >= 0.3 is 0 Å². The van der Waals surface area contributed by atoms with E-state index in [1.165, 1.54) is 10.9 Å². The molecule has 0 amide bonds. The zero-order valence-electron chi connectivity index (χ0n) is 9.22. The maximum Gasteiger partial charge on any atom is 0.296 e. The highest BCUT2D eigenvalue weighted by Crippen LogP contribution is 2.21. The lowest BCUT2D eigenvalue weighted by atomic mass is 10.3. The normalized spacial score (nSPS) is 10.7. The van der Waals surface area contributed by atoms with Crippen molar-refractivity contribution >= 4 is 16.7 Å². The van der Waals surface area contributed by atoms with E-state index in [0.717, 1.165) is 0 Å². The second-order valence-corrected chi connectivity index (χ2v) is 3.72. The number of fused-ring (bicyclic) bond motifs is 1. The summed E-state index contributed by atoms with van der Waals surface area (Å²) in [4.78, 5) is 11.8. The van der Waals surface area contributed by atoms with Gasteiger partial charge in [0.1, 0.15) is 11.0 Å². The summed E-state index contributed by atoms with van der Waals surface area (Å²) in [5, 5.41) is 19.4. The van der Waals surface area contributed by atoms with Crippen molar-refractivity contribution in [2.24, 2.45) is 0 Å². The topological polar surface area (TPSA) is 73.8 Å². The van der Waals surface area contributed by atoms with Crippen LogP contribution in [-0.2, 0) is 0 Å². The number of para-hydroxylation sites is 2. The molecule has 18 heavy (non-hydrogen) atoms. The Morgan fingerprint density at radius 2 is 1.50 bits per heavy atom. The first-order chi connectivity index (χ1) is 8.75. The van der Waals surface area contributed by atoms with E-state index in [2.05, 4.69) is 10.2 Å². The fraction of sp³-hybridized carbons (Fsp3) is 0. The summed E-state index contributed by atoms with van der Waals surface area (Å²) in [5.41, 5.74) is 1.75. The van der Waals surface area contributed by atoms with Crippen LogP contribution in [0.4, 0.5) is 5.69 Å². The first kappa shape index (κ1) is 10.4. The third-order valence-corrected chi connectivity index (χ3v) is 2.58. The molecule has 0 aliphatic rings. The molecule has 0 atom stereocenters. The highest BCUT2D eigenvalue weighted by Gasteiger charge is 2.16. The van der Waals surface area contributed by atoms with Crippen LogP contribution in [0.2, 0.25) is 0 Å². The molecule has 0 aliphatic carbocycles. The minimum Gasteiger partial charge on any atom is -0.258 e. The average Bonchev–Trinajstić information content (AvgIpc) is 2.82. The van der Waals surface area contributed by atoms with Crippen molar-refractivity contribution in [3.8, 4) is 5.69 Å². The number of aromatic nitrogens is 3. The molecule has 3 rings (SSSR count). The Morgan fingerprint density at radius 1 is 0.944 bits per heavy atom. The largest absolute Gasteiger partial charge is 0.296 e. The quantitative estimate of drug-likeness (QED) is 0.509. The van der Waals surface area contributed by atoms with E-state index in [9.17, 15) is 10.1 Å². The van der Waals surface area contributed by atoms with Gasteiger partial charge in [0.2, 0.25) is 0 Å². The van der Waals surface area contributed by atoms with Gasteiger partial charge in [-0.05, 0) is 18.2 Å². The Morgan fingerprint density at radius 3 is 2.11 bits per heavy atom. The molecule has 0 bridgehead atoms. The molecule has 0 N–H and O–H groups in total. The first-order valence-corrected chi connectivity index (χ1v) is 5.31. The second-order valence-electron chi connectivity index (χ2n) is 3.72. The number of benzene rings is 2. The highest BCUT2D eigenvalue weighted by atomic mass is 16.6. The van der Waals surface area contributed by atoms with Crippen molar-refractivity contribution in [3.63, 3.8) is 0 Å². The van der Waals surface area contributed by atoms with Crippen molar-refractivity contribution in [1.29, 1.82) is 0 Å². The zero-order valence-corrected chi connectivity index (χ0v) is 9.22. The highest BCUT2D eigenvalue weighted by molar-refractivity contribution is 5.73. The van der Waals surface area contributed by atoms with Crippen LogP contribution in [0.5, 0.6) is 0 Å². The molecule has 0 fully saturated rings. The molecule has 1 aromatic heterocycles. The van der Waals surface area contributed by atoms with Crippen LogP contribution in [-0.4, -0.2) is 19.9 Å². The summed E-state index contributed by atoms with van der Waals surface area (Å²) in [7, 11) is 0. The predicted molar refractivity (Wildman–Crippen MR) is 65.5 cm³/mol. The number of hydrogen-bond donors (Lipinski definition) is 0. The van der Waals surface area contributed by atoms with Crippen molar-refractivity contribution in [3.05, 3.63) is 58.6 Å². The summed E-state index contributed by atoms with van der Waals surface area (Å²) in [6.45, 7) is 0. The summed E-state index contributed by atoms with van der Waals surface area (Å²) in [6, 6.07) is 13.7. The number of nitrogens with zero attached hydrogens (tertiary/aromatic N) is 4. The Labute approximate surface area is 102 Å². The van der Waals surface area contributed by atoms with Gasteiger partial charge in [-0.2, -0.15) is 0 Å². The smallest absolute Gasteiger partial charge is 0.258 e. The van der Waals surface area contributed by atoms with Crippen LogP contribution in [0.3, 0.4) is 0 Å². The number of rotatable bonds is 2. The molecule has 88 valence electrons. The Kier molecular flexibility index (Phi) is 2.26. The van der Waals surface area contributed by atoms with Gasteiger partial charge in [0.15, 0.2) is 5.69 Å². The van der Waals surface area contributed by atoms with Gasteiger partial charge in [0.05, 0.1) is 4.92 Å². The summed E-state index contributed by atoms with van der Waals surface area (Å²) in [6.07, 6.45) is 0. The number of hydrogen-bond acceptors (Lipinski definition) is 4. The molecule has 0 saturated carbocycles. The van der Waals surface area contributed by atoms with E-state index in [-0.39, 0.29) is 5.69 Å². The molecule has 0 spiro atoms. The van der Waals surface area contributed by atoms with E-state index in [1.54, 1.807) is 18.2 Å². The third kappa shape index (κ3) is 1.60. The predicted octanol–water partition coefficient (Wildman–Crippen LogP) is 2.33. The van der Waals surface area contributed by atoms with Gasteiger partial charge in [0, 0.05) is 6.07 Å². The molecule has 2 aromatic carbocycles. The summed E-state index contributed by atoms with van der Waals surface area (Å²) >= 11 is 0. The Hall–Kier alpha value is -2.76. The van der Waals surface area contributed by atoms with Crippen LogP contribution in [0, 0.1) is 10.1 Å². The maximum atomic E-state index is 10.9. The van der Waals surface area contributed by atoms with E-state index in [0.29, 0.717) is 16.7 Å². The van der Waals surface area contributed by atoms with Gasteiger partial charge in [-0.15, -0.1) is 15.0 Å². The summed E-state index contributed by atoms with van der Waals surface area (Å²) < 4.78 is 0. The van der Waals surface area contributed by atoms with E-state index in [4.69, 9.17) is 0 Å². The van der Waals surface area contributed by atoms with Crippen molar-refractivity contribution < 1.29 is 4.92 Å². The molecular formula is C12H8N4O2. The minimum absolute atomic E-state index is 0.0159. The van der Waals surface area contributed by atoms with Crippen LogP contribution < -0.4 is 0 Å². The van der Waals surface area contributed by atoms with E-state index < -0.39 is 4.92 Å². The molecular weight excluding hydrogens is 232 g/mol. The molecule has 0 saturated heterocycles. The zero-order chi connectivity index (χ0) is 12.5. The van der Waals surface area contributed by atoms with Crippen LogP contribution in [0.15, 0.2) is 48.5 Å². The number of nitro benzene ring substituents is 1. The standard InChI is InChI=1S/C12H8N4O2/c17-16(18)12-8-4-3-7-11(12)15-13-9-5-1-2-6-10(9)14-15/h1-8H. The lowest BCUT2D eigenvalue weighted by molar-refractivity contribution is -0.384. The molecule has 3 aromatic rings. The van der Waals surface area contributed by atoms with Crippen molar-refractivity contribution in [2.75, 3.05) is 0 Å². The molecule has 0 aliphatic heterocycles. The lowest BCUT2D eigenvalue weighted by Gasteiger charge is -1.99. The fourth-order valence-corrected chi connectivity index (χ4v) is 1.76. The van der Waals surface area contributed by atoms with Gasteiger partial charge in [-0.25, -0.2) is 0 Å². The fourth-order valence-electron chi connectivity index (χ4n) is 1.76. The monoisotopic (exact) mass is 240 g/mol. The van der Waals surface area contributed by atoms with Gasteiger partial charge < -0.3 is 0 Å². The van der Waals surface area contributed by atoms with Crippen molar-refractivity contribution in [1.82, 2.24) is 15.0 Å². The van der Waals surface area contributed by atoms with E-state index in [1.807, 2.05) is 24.3 Å². The molecule has 6 nitrogen and oxygen atoms in total. The Balaban J connectivity index is 2.23. The van der Waals surface area contributed by atoms with Crippen LogP contribution >= 0.6 is 0 Å². The van der Waals surface area contributed by atoms with Crippen molar-refractivity contribution in [2.45, 2.75) is 0 Å². The lowest BCUT2D eigenvalue weighted by Crippen LogP contribution is -2.02. The average molecular weight is 240 g/mol. The molecule has 1 heterocycles. The molecule has 0 radical (unpaired) electrons. The summed E-state index contributed by atoms with van der Waals surface area (Å²) in [5.74, 6) is 0. The second kappa shape index (κ2) is 3.92. The molecule has 0 unspecified atom stereocenters. The Bertz CT molecular complexity index is 703. The molecule has 6 heteroatoms. The van der Waals surface area contributed by atoms with Crippen LogP contribution in [0.25, 0.3) is 16.7 Å². The van der Waals surface area contributed by atoms with Crippen LogP contribution in [0.1, 0.15) is 0 Å².